The van der Waals surface area contributed by atoms with Gasteiger partial charge in [-0.15, -0.1) is 11.3 Å². The van der Waals surface area contributed by atoms with Gasteiger partial charge in [-0.2, -0.15) is 0 Å². The molecular formula is C23H30N10OS. The molecule has 1 aliphatic rings. The highest BCUT2D eigenvalue weighted by Gasteiger charge is 2.29. The van der Waals surface area contributed by atoms with Gasteiger partial charge < -0.3 is 19.5 Å². The minimum atomic E-state index is 0.0465. The van der Waals surface area contributed by atoms with Gasteiger partial charge in [-0.25, -0.2) is 29.9 Å². The summed E-state index contributed by atoms with van der Waals surface area (Å²) in [5.74, 6) is 2.38. The topological polar surface area (TPSA) is 112 Å². The Morgan fingerprint density at radius 1 is 1.14 bits per heavy atom. The maximum Gasteiger partial charge on any atom is 0.225 e. The minimum absolute atomic E-state index is 0.0465. The van der Waals surface area contributed by atoms with Crippen LogP contribution in [0.15, 0.2) is 30.3 Å². The van der Waals surface area contributed by atoms with Crippen LogP contribution in [0.5, 0.6) is 0 Å². The zero-order valence-corrected chi connectivity index (χ0v) is 21.1. The van der Waals surface area contributed by atoms with Gasteiger partial charge in [0.25, 0.3) is 0 Å². The summed E-state index contributed by atoms with van der Waals surface area (Å²) in [7, 11) is 3.72. The van der Waals surface area contributed by atoms with Gasteiger partial charge in [-0.05, 0) is 13.0 Å². The first-order valence-corrected chi connectivity index (χ1v) is 12.5. The Morgan fingerprint density at radius 2 is 2.00 bits per heavy atom. The van der Waals surface area contributed by atoms with Crippen LogP contribution in [-0.2, 0) is 11.3 Å². The molecule has 1 unspecified atom stereocenters. The number of fused-ring (bicyclic) bond motifs is 1. The molecule has 5 rings (SSSR count). The smallest absolute Gasteiger partial charge is 0.225 e. The van der Waals surface area contributed by atoms with Gasteiger partial charge in [0, 0.05) is 76.6 Å². The van der Waals surface area contributed by atoms with Crippen LogP contribution in [0.2, 0.25) is 0 Å². The highest BCUT2D eigenvalue weighted by Crippen LogP contribution is 2.27. The number of likely N-dealkylation sites (N-methyl/N-ethyl adjacent to an activating group) is 1. The molecule has 0 radical (unpaired) electrons. The van der Waals surface area contributed by atoms with Crippen LogP contribution in [0.3, 0.4) is 0 Å². The fourth-order valence-electron chi connectivity index (χ4n) is 4.33. The van der Waals surface area contributed by atoms with E-state index in [1.807, 2.05) is 18.6 Å². The Kier molecular flexibility index (Phi) is 7.11. The number of H-pyrrole nitrogens is 1. The number of anilines is 2. The zero-order chi connectivity index (χ0) is 24.2. The van der Waals surface area contributed by atoms with Crippen LogP contribution in [0.25, 0.3) is 11.2 Å². The van der Waals surface area contributed by atoms with Gasteiger partial charge in [0.2, 0.25) is 5.95 Å². The molecular weight excluding hydrogens is 464 g/mol. The average molecular weight is 495 g/mol. The van der Waals surface area contributed by atoms with Crippen LogP contribution in [0, 0.1) is 6.92 Å². The van der Waals surface area contributed by atoms with E-state index in [0.717, 1.165) is 61.5 Å². The van der Waals surface area contributed by atoms with Gasteiger partial charge >= 0.3 is 0 Å². The molecule has 1 fully saturated rings. The highest BCUT2D eigenvalue weighted by atomic mass is 32.1. The summed E-state index contributed by atoms with van der Waals surface area (Å²) in [6, 6.07) is 1.84. The van der Waals surface area contributed by atoms with E-state index in [1.54, 1.807) is 37.2 Å². The molecule has 0 aromatic carbocycles. The number of imidazole rings is 1. The van der Waals surface area contributed by atoms with E-state index in [0.29, 0.717) is 18.8 Å². The molecule has 0 aliphatic carbocycles. The Bertz CT molecular complexity index is 1250. The van der Waals surface area contributed by atoms with Crippen molar-refractivity contribution in [2.75, 3.05) is 63.3 Å². The number of ether oxygens (including phenoxy) is 1. The van der Waals surface area contributed by atoms with Crippen LogP contribution in [-0.4, -0.2) is 93.3 Å². The first kappa shape index (κ1) is 23.5. The van der Waals surface area contributed by atoms with Gasteiger partial charge in [0.1, 0.15) is 11.3 Å². The standard InChI is InChI=1S/C23H30N10OS/c1-16-18(35-15-28-16)13-32-7-8-33(23-24-5-4-6-25-23)12-17(11-32)20-29-21-19(26-14-27-21)22(30-20)31(2)9-10-34-3/h4-6,14-15,17H,7-13H2,1-3H3,(H,26,27,29,30). The normalized spacial score (nSPS) is 17.1. The Labute approximate surface area is 208 Å². The van der Waals surface area contributed by atoms with Crippen LogP contribution >= 0.6 is 11.3 Å². The number of nitrogens with one attached hydrogen (secondary N) is 1. The highest BCUT2D eigenvalue weighted by molar-refractivity contribution is 7.09. The summed E-state index contributed by atoms with van der Waals surface area (Å²) >= 11 is 1.71. The average Bonchev–Trinajstić information content (AvgIpc) is 3.46. The lowest BCUT2D eigenvalue weighted by molar-refractivity contribution is 0.206. The van der Waals surface area contributed by atoms with Gasteiger partial charge in [0.05, 0.1) is 24.1 Å². The third kappa shape index (κ3) is 5.24. The summed E-state index contributed by atoms with van der Waals surface area (Å²) in [5.41, 5.74) is 4.52. The lowest BCUT2D eigenvalue weighted by Gasteiger charge is -2.25. The molecule has 4 aromatic heterocycles. The molecule has 1 atom stereocenters. The van der Waals surface area contributed by atoms with Crippen molar-refractivity contribution in [3.05, 3.63) is 46.7 Å². The number of nitrogens with zero attached hydrogens (tertiary/aromatic N) is 9. The molecule has 4 aromatic rings. The van der Waals surface area contributed by atoms with Gasteiger partial charge in [-0.3, -0.25) is 4.90 Å². The van der Waals surface area contributed by atoms with E-state index >= 15 is 0 Å². The number of methoxy groups -OCH3 is 1. The maximum atomic E-state index is 5.29. The quantitative estimate of drug-likeness (QED) is 0.391. The number of hydrogen-bond donors (Lipinski definition) is 1. The van der Waals surface area contributed by atoms with Crippen molar-refractivity contribution in [2.45, 2.75) is 19.4 Å². The third-order valence-electron chi connectivity index (χ3n) is 6.29. The fourth-order valence-corrected chi connectivity index (χ4v) is 5.15. The Morgan fingerprint density at radius 3 is 2.77 bits per heavy atom. The third-order valence-corrected chi connectivity index (χ3v) is 7.21. The van der Waals surface area contributed by atoms with Crippen molar-refractivity contribution in [3.8, 4) is 0 Å². The van der Waals surface area contributed by atoms with Crippen LogP contribution in [0.4, 0.5) is 11.8 Å². The predicted octanol–water partition coefficient (Wildman–Crippen LogP) is 2.10. The molecule has 0 spiro atoms. The van der Waals surface area contributed by atoms with E-state index in [4.69, 9.17) is 14.7 Å². The molecule has 1 N–H and O–H groups in total. The van der Waals surface area contributed by atoms with E-state index in [-0.39, 0.29) is 5.92 Å². The van der Waals surface area contributed by atoms with Gasteiger partial charge in [0.15, 0.2) is 11.5 Å². The molecule has 0 bridgehead atoms. The Hall–Kier alpha value is -3.22. The largest absolute Gasteiger partial charge is 0.383 e. The monoisotopic (exact) mass is 494 g/mol. The minimum Gasteiger partial charge on any atom is -0.383 e. The number of aromatic amines is 1. The molecule has 0 amide bonds. The SMILES string of the molecule is COCCN(C)c1nc(C2CN(Cc3scnc3C)CCN(c3ncccn3)C2)nc2nc[nH]c12. The second-order valence-electron chi connectivity index (χ2n) is 8.71. The number of aromatic nitrogens is 7. The molecule has 5 heterocycles. The summed E-state index contributed by atoms with van der Waals surface area (Å²) < 4.78 is 5.29. The molecule has 1 saturated heterocycles. The van der Waals surface area contributed by atoms with Crippen molar-refractivity contribution in [1.29, 1.82) is 0 Å². The molecule has 11 nitrogen and oxygen atoms in total. The van der Waals surface area contributed by atoms with Crippen LogP contribution in [0.1, 0.15) is 22.3 Å². The van der Waals surface area contributed by atoms with Crippen LogP contribution < -0.4 is 9.80 Å². The zero-order valence-electron chi connectivity index (χ0n) is 20.3. The molecule has 1 aliphatic heterocycles. The van der Waals surface area contributed by atoms with E-state index in [9.17, 15) is 0 Å². The van der Waals surface area contributed by atoms with E-state index in [1.165, 1.54) is 4.88 Å². The molecule has 0 saturated carbocycles. The van der Waals surface area contributed by atoms with Crippen molar-refractivity contribution < 1.29 is 4.74 Å². The summed E-state index contributed by atoms with van der Waals surface area (Å²) in [5, 5.41) is 0. The Balaban J connectivity index is 1.49. The first-order valence-electron chi connectivity index (χ1n) is 11.7. The second-order valence-corrected chi connectivity index (χ2v) is 9.65. The fraction of sp³-hybridized carbons (Fsp3) is 0.478. The van der Waals surface area contributed by atoms with Crippen molar-refractivity contribution >= 4 is 34.3 Å². The number of rotatable bonds is 8. The molecule has 12 heteroatoms. The van der Waals surface area contributed by atoms with E-state index < -0.39 is 0 Å². The lowest BCUT2D eigenvalue weighted by Crippen LogP contribution is -2.31. The predicted molar refractivity (Wildman–Crippen MR) is 136 cm³/mol. The number of aryl methyl sites for hydroxylation is 1. The summed E-state index contributed by atoms with van der Waals surface area (Å²) in [6.45, 7) is 7.49. The second kappa shape index (κ2) is 10.6. The van der Waals surface area contributed by atoms with Crippen molar-refractivity contribution in [1.82, 2.24) is 39.8 Å². The first-order chi connectivity index (χ1) is 17.1. The maximum absolute atomic E-state index is 5.29. The lowest BCUT2D eigenvalue weighted by atomic mass is 10.1. The molecule has 184 valence electrons. The summed E-state index contributed by atoms with van der Waals surface area (Å²) in [6.07, 6.45) is 5.25. The van der Waals surface area contributed by atoms with E-state index in [2.05, 4.69) is 46.5 Å². The number of hydrogen-bond acceptors (Lipinski definition) is 11. The summed E-state index contributed by atoms with van der Waals surface area (Å²) in [4.78, 5) is 39.1. The number of thiazole rings is 1. The van der Waals surface area contributed by atoms with Crippen molar-refractivity contribution in [2.24, 2.45) is 0 Å². The molecule has 35 heavy (non-hydrogen) atoms. The van der Waals surface area contributed by atoms with Gasteiger partial charge in [-0.1, -0.05) is 0 Å². The van der Waals surface area contributed by atoms with Crippen molar-refractivity contribution in [3.63, 3.8) is 0 Å².